The number of carbonyl (C=O) groups is 3. The minimum absolute atomic E-state index is 0.0487. The van der Waals surface area contributed by atoms with Gasteiger partial charge in [-0.2, -0.15) is 0 Å². The molecule has 13 heteroatoms. The zero-order chi connectivity index (χ0) is 39.2. The van der Waals surface area contributed by atoms with Crippen LogP contribution in [0, 0.1) is 13.8 Å². The number of rotatable bonds is 14. The average Bonchev–Trinajstić information content (AvgIpc) is 3.12. The van der Waals surface area contributed by atoms with E-state index < -0.39 is 42.1 Å². The topological polar surface area (TPSA) is 143 Å². The Hall–Kier alpha value is -5.01. The van der Waals surface area contributed by atoms with Gasteiger partial charge in [-0.25, -0.2) is 4.79 Å². The van der Waals surface area contributed by atoms with Crippen LogP contribution in [-0.4, -0.2) is 100 Å². The molecule has 0 saturated carbocycles. The lowest BCUT2D eigenvalue weighted by atomic mass is 9.86. The van der Waals surface area contributed by atoms with Gasteiger partial charge in [-0.05, 0) is 51.3 Å². The van der Waals surface area contributed by atoms with Gasteiger partial charge in [-0.3, -0.25) is 14.5 Å². The number of aliphatic hydroxyl groups is 1. The molecule has 0 aromatic heterocycles. The van der Waals surface area contributed by atoms with Gasteiger partial charge in [0.15, 0.2) is 28.8 Å². The van der Waals surface area contributed by atoms with E-state index in [1.165, 1.54) is 52.4 Å². The Kier molecular flexibility index (Phi) is 13.2. The molecule has 1 N–H and O–H groups in total. The molecule has 0 fully saturated rings. The molecular weight excluding hydrogens is 684 g/mol. The van der Waals surface area contributed by atoms with Gasteiger partial charge in [0.05, 0.1) is 73.5 Å². The van der Waals surface area contributed by atoms with Gasteiger partial charge in [-0.15, -0.1) is 0 Å². The van der Waals surface area contributed by atoms with E-state index in [0.717, 1.165) is 5.56 Å². The van der Waals surface area contributed by atoms with Crippen LogP contribution in [0.3, 0.4) is 0 Å². The van der Waals surface area contributed by atoms with Crippen molar-refractivity contribution in [1.82, 2.24) is 9.80 Å². The van der Waals surface area contributed by atoms with E-state index in [4.69, 9.17) is 33.2 Å². The Morgan fingerprint density at radius 2 is 1.51 bits per heavy atom. The molecule has 0 radical (unpaired) electrons. The number of Topliss-reactive ketones (excluding diaryl/α,β-unsaturated/α-hetero) is 1. The summed E-state index contributed by atoms with van der Waals surface area (Å²) in [5.41, 5.74) is 2.83. The first kappa shape index (κ1) is 40.8. The van der Waals surface area contributed by atoms with Crippen molar-refractivity contribution in [2.24, 2.45) is 0 Å². The molecule has 1 heterocycles. The van der Waals surface area contributed by atoms with E-state index in [9.17, 15) is 14.7 Å². The van der Waals surface area contributed by atoms with Crippen molar-refractivity contribution in [3.63, 3.8) is 0 Å². The standard InChI is InChI=1S/C40H52N2O11/c1-23-17-26(27(20-43)36(50-10)33(23)47-7)18-28(41(6)39(46)53-40(3,4)5)38(45)42-19-30(44)32-31(29(42)22-52-21-25-15-13-12-14-16-25)37(51-11)35(49-9)24(2)34(32)48-8/h12-17,28-29,43H,18-22H2,1-11H3. The van der Waals surface area contributed by atoms with Crippen molar-refractivity contribution < 1.29 is 52.6 Å². The van der Waals surface area contributed by atoms with Crippen LogP contribution in [0.1, 0.15) is 70.6 Å². The van der Waals surface area contributed by atoms with Gasteiger partial charge in [0.25, 0.3) is 0 Å². The highest BCUT2D eigenvalue weighted by atomic mass is 16.6. The summed E-state index contributed by atoms with van der Waals surface area (Å²) in [6.45, 7) is 8.15. The van der Waals surface area contributed by atoms with Gasteiger partial charge >= 0.3 is 6.09 Å². The number of aliphatic hydroxyl groups excluding tert-OH is 1. The molecule has 13 nitrogen and oxygen atoms in total. The van der Waals surface area contributed by atoms with Gasteiger partial charge < -0.3 is 43.2 Å². The molecule has 53 heavy (non-hydrogen) atoms. The van der Waals surface area contributed by atoms with Gasteiger partial charge in [0, 0.05) is 30.2 Å². The fourth-order valence-electron chi connectivity index (χ4n) is 6.84. The monoisotopic (exact) mass is 736 g/mol. The van der Waals surface area contributed by atoms with E-state index in [0.29, 0.717) is 50.8 Å². The molecule has 1 aliphatic rings. The summed E-state index contributed by atoms with van der Waals surface area (Å²) in [6, 6.07) is 9.22. The minimum Gasteiger partial charge on any atom is -0.496 e. The quantitative estimate of drug-likeness (QED) is 0.221. The van der Waals surface area contributed by atoms with Crippen LogP contribution >= 0.6 is 0 Å². The second-order valence-corrected chi connectivity index (χ2v) is 13.8. The van der Waals surface area contributed by atoms with Crippen LogP contribution in [0.2, 0.25) is 0 Å². The summed E-state index contributed by atoms with van der Waals surface area (Å²) in [4.78, 5) is 45.8. The smallest absolute Gasteiger partial charge is 0.410 e. The highest BCUT2D eigenvalue weighted by Crippen LogP contribution is 2.50. The molecular formula is C40H52N2O11. The number of hydrogen-bond donors (Lipinski definition) is 1. The molecule has 0 bridgehead atoms. The number of likely N-dealkylation sites (N-methyl/N-ethyl adjacent to an activating group) is 1. The molecule has 0 spiro atoms. The van der Waals surface area contributed by atoms with Crippen LogP contribution in [0.25, 0.3) is 0 Å². The van der Waals surface area contributed by atoms with Crippen molar-refractivity contribution in [1.29, 1.82) is 0 Å². The van der Waals surface area contributed by atoms with E-state index >= 15 is 4.79 Å². The number of benzene rings is 3. The fraction of sp³-hybridized carbons (Fsp3) is 0.475. The summed E-state index contributed by atoms with van der Waals surface area (Å²) < 4.78 is 40.7. The van der Waals surface area contributed by atoms with Crippen LogP contribution in [0.4, 0.5) is 4.79 Å². The molecule has 3 aromatic rings. The highest BCUT2D eigenvalue weighted by Gasteiger charge is 2.45. The Balaban J connectivity index is 1.93. The molecule has 0 saturated heterocycles. The molecule has 0 aliphatic carbocycles. The Morgan fingerprint density at radius 1 is 0.906 bits per heavy atom. The molecule has 2 atom stereocenters. The third kappa shape index (κ3) is 8.47. The lowest BCUT2D eigenvalue weighted by molar-refractivity contribution is -0.140. The van der Waals surface area contributed by atoms with E-state index in [-0.39, 0.29) is 37.5 Å². The van der Waals surface area contributed by atoms with E-state index in [1.807, 2.05) is 37.3 Å². The molecule has 3 aromatic carbocycles. The van der Waals surface area contributed by atoms with Crippen LogP contribution < -0.4 is 23.7 Å². The molecule has 4 rings (SSSR count). The number of ketones is 1. The number of nitrogens with zero attached hydrogens (tertiary/aromatic N) is 2. The molecule has 2 amide bonds. The van der Waals surface area contributed by atoms with Gasteiger partial charge in [-0.1, -0.05) is 36.4 Å². The van der Waals surface area contributed by atoms with Crippen molar-refractivity contribution >= 4 is 17.8 Å². The number of ether oxygens (including phenoxy) is 7. The number of amides is 2. The van der Waals surface area contributed by atoms with E-state index in [1.54, 1.807) is 33.8 Å². The normalized spacial score (nSPS) is 14.6. The largest absolute Gasteiger partial charge is 0.496 e. The van der Waals surface area contributed by atoms with Crippen LogP contribution in [0.15, 0.2) is 36.4 Å². The number of aryl methyl sites for hydroxylation is 1. The molecule has 1 aliphatic heterocycles. The number of fused-ring (bicyclic) bond motifs is 1. The third-order valence-electron chi connectivity index (χ3n) is 9.24. The third-order valence-corrected chi connectivity index (χ3v) is 9.24. The second-order valence-electron chi connectivity index (χ2n) is 13.8. The second kappa shape index (κ2) is 17.2. The lowest BCUT2D eigenvalue weighted by Crippen LogP contribution is -2.55. The summed E-state index contributed by atoms with van der Waals surface area (Å²) in [6.07, 6.45) is -0.825. The maximum atomic E-state index is 15.2. The van der Waals surface area contributed by atoms with Crippen molar-refractivity contribution in [2.45, 2.75) is 71.9 Å². The van der Waals surface area contributed by atoms with Crippen molar-refractivity contribution in [2.75, 3.05) is 55.7 Å². The van der Waals surface area contributed by atoms with Gasteiger partial charge in [0.2, 0.25) is 5.91 Å². The predicted molar refractivity (Wildman–Crippen MR) is 197 cm³/mol. The number of carbonyl (C=O) groups excluding carboxylic acids is 3. The minimum atomic E-state index is -1.22. The Bertz CT molecular complexity index is 1800. The summed E-state index contributed by atoms with van der Waals surface area (Å²) in [5.74, 6) is 0.683. The molecule has 288 valence electrons. The van der Waals surface area contributed by atoms with Gasteiger partial charge in [0.1, 0.15) is 17.4 Å². The average molecular weight is 737 g/mol. The Morgan fingerprint density at radius 3 is 2.06 bits per heavy atom. The lowest BCUT2D eigenvalue weighted by Gasteiger charge is -2.41. The summed E-state index contributed by atoms with van der Waals surface area (Å²) in [7, 11) is 8.85. The summed E-state index contributed by atoms with van der Waals surface area (Å²) in [5, 5.41) is 10.6. The first-order valence-electron chi connectivity index (χ1n) is 17.2. The van der Waals surface area contributed by atoms with Crippen molar-refractivity contribution in [3.8, 4) is 28.7 Å². The van der Waals surface area contributed by atoms with E-state index in [2.05, 4.69) is 0 Å². The maximum absolute atomic E-state index is 15.2. The SMILES string of the molecule is COc1c(C)cc(CC(C(=O)N2CC(=O)c3c(OC)c(C)c(OC)c(OC)c3C2COCc2ccccc2)N(C)C(=O)OC(C)(C)C)c(CO)c1OC. The predicted octanol–water partition coefficient (Wildman–Crippen LogP) is 5.60. The zero-order valence-electron chi connectivity index (χ0n) is 32.6. The highest BCUT2D eigenvalue weighted by molar-refractivity contribution is 6.06. The number of methoxy groups -OCH3 is 5. The molecule has 2 unspecified atom stereocenters. The Labute approximate surface area is 311 Å². The number of hydrogen-bond acceptors (Lipinski definition) is 11. The summed E-state index contributed by atoms with van der Waals surface area (Å²) >= 11 is 0. The maximum Gasteiger partial charge on any atom is 0.410 e. The van der Waals surface area contributed by atoms with Crippen molar-refractivity contribution in [3.05, 3.63) is 75.3 Å². The van der Waals surface area contributed by atoms with Crippen LogP contribution in [0.5, 0.6) is 28.7 Å². The van der Waals surface area contributed by atoms with Crippen LogP contribution in [-0.2, 0) is 33.9 Å². The first-order chi connectivity index (χ1) is 25.2. The first-order valence-corrected chi connectivity index (χ1v) is 17.2. The fourth-order valence-corrected chi connectivity index (χ4v) is 6.84. The zero-order valence-corrected chi connectivity index (χ0v) is 32.6.